The Morgan fingerprint density at radius 2 is 2.17 bits per heavy atom. The van der Waals surface area contributed by atoms with E-state index >= 15 is 0 Å². The predicted molar refractivity (Wildman–Crippen MR) is 71.1 cm³/mol. The first-order valence-electron chi connectivity index (χ1n) is 7.19. The largest absolute Gasteiger partial charge is 0.378 e. The summed E-state index contributed by atoms with van der Waals surface area (Å²) in [7, 11) is 0. The summed E-state index contributed by atoms with van der Waals surface area (Å²) in [6.45, 7) is 9.26. The monoisotopic (exact) mass is 254 g/mol. The summed E-state index contributed by atoms with van der Waals surface area (Å²) in [6, 6.07) is 0.314. The smallest absolute Gasteiger partial charge is 0.240 e. The minimum absolute atomic E-state index is 0.0353. The highest BCUT2D eigenvalue weighted by molar-refractivity contribution is 5.84. The van der Waals surface area contributed by atoms with Gasteiger partial charge in [-0.2, -0.15) is 0 Å². The molecule has 0 spiro atoms. The fourth-order valence-corrected chi connectivity index (χ4v) is 3.11. The second-order valence-electron chi connectivity index (χ2n) is 6.14. The van der Waals surface area contributed by atoms with E-state index in [4.69, 9.17) is 4.74 Å². The van der Waals surface area contributed by atoms with Crippen LogP contribution in [0, 0.1) is 5.92 Å². The van der Waals surface area contributed by atoms with Crippen LogP contribution in [0.15, 0.2) is 0 Å². The number of amides is 1. The Morgan fingerprint density at radius 3 is 2.78 bits per heavy atom. The van der Waals surface area contributed by atoms with Crippen molar-refractivity contribution in [1.29, 1.82) is 0 Å². The van der Waals surface area contributed by atoms with Crippen LogP contribution in [-0.2, 0) is 9.53 Å². The third-order valence-corrected chi connectivity index (χ3v) is 3.95. The Kier molecular flexibility index (Phi) is 4.28. The summed E-state index contributed by atoms with van der Waals surface area (Å²) in [6.07, 6.45) is 3.45. The van der Waals surface area contributed by atoms with Crippen LogP contribution in [0.1, 0.15) is 47.0 Å². The van der Waals surface area contributed by atoms with Gasteiger partial charge in [0, 0.05) is 12.6 Å². The van der Waals surface area contributed by atoms with E-state index < -0.39 is 0 Å². The van der Waals surface area contributed by atoms with Crippen molar-refractivity contribution in [2.45, 2.75) is 71.3 Å². The van der Waals surface area contributed by atoms with Crippen molar-refractivity contribution in [3.8, 4) is 0 Å². The molecule has 0 aromatic carbocycles. The number of hydrogen-bond acceptors (Lipinski definition) is 3. The zero-order valence-corrected chi connectivity index (χ0v) is 12.0. The first kappa shape index (κ1) is 13.8. The normalized spacial score (nSPS) is 37.6. The second-order valence-corrected chi connectivity index (χ2v) is 6.14. The molecule has 4 unspecified atom stereocenters. The summed E-state index contributed by atoms with van der Waals surface area (Å²) in [4.78, 5) is 14.4. The lowest BCUT2D eigenvalue weighted by Crippen LogP contribution is -2.48. The molecule has 0 aromatic rings. The molecule has 2 aliphatic rings. The highest BCUT2D eigenvalue weighted by Crippen LogP contribution is 2.27. The molecule has 2 saturated heterocycles. The Balaban J connectivity index is 2.08. The number of nitrogens with zero attached hydrogens (tertiary/aromatic N) is 1. The van der Waals surface area contributed by atoms with E-state index in [1.807, 2.05) is 6.92 Å². The van der Waals surface area contributed by atoms with E-state index in [0.29, 0.717) is 12.0 Å². The van der Waals surface area contributed by atoms with E-state index in [2.05, 4.69) is 31.0 Å². The maximum absolute atomic E-state index is 12.3. The standard InChI is InChI=1S/C14H26N2O2/c1-9(2)7-13-15-11(4)14(17)16(13)12-5-6-18-10(3)8-12/h9-13,15H,5-8H2,1-4H3. The SMILES string of the molecule is CC(C)CC1NC(C)C(=O)N1C1CCOC(C)C1. The molecule has 0 radical (unpaired) electrons. The molecule has 18 heavy (non-hydrogen) atoms. The molecule has 1 N–H and O–H groups in total. The van der Waals surface area contributed by atoms with Crippen LogP contribution in [0.4, 0.5) is 0 Å². The predicted octanol–water partition coefficient (Wildman–Crippen LogP) is 1.75. The van der Waals surface area contributed by atoms with Crippen molar-refractivity contribution in [2.75, 3.05) is 6.61 Å². The van der Waals surface area contributed by atoms with Gasteiger partial charge < -0.3 is 9.64 Å². The van der Waals surface area contributed by atoms with Gasteiger partial charge in [0.15, 0.2) is 0 Å². The van der Waals surface area contributed by atoms with Gasteiger partial charge in [0.05, 0.1) is 18.3 Å². The number of carbonyl (C=O) groups is 1. The fourth-order valence-electron chi connectivity index (χ4n) is 3.11. The molecule has 0 saturated carbocycles. The van der Waals surface area contributed by atoms with Crippen LogP contribution in [0.5, 0.6) is 0 Å². The molecule has 4 atom stereocenters. The van der Waals surface area contributed by atoms with Crippen LogP contribution in [0.2, 0.25) is 0 Å². The molecule has 2 fully saturated rings. The summed E-state index contributed by atoms with van der Waals surface area (Å²) >= 11 is 0. The van der Waals surface area contributed by atoms with Crippen molar-refractivity contribution in [1.82, 2.24) is 10.2 Å². The molecule has 104 valence electrons. The van der Waals surface area contributed by atoms with Gasteiger partial charge in [0.25, 0.3) is 0 Å². The molecule has 4 heteroatoms. The first-order valence-corrected chi connectivity index (χ1v) is 7.19. The molecule has 4 nitrogen and oxygen atoms in total. The lowest BCUT2D eigenvalue weighted by atomic mass is 10.00. The Morgan fingerprint density at radius 1 is 1.44 bits per heavy atom. The summed E-state index contributed by atoms with van der Waals surface area (Å²) in [5.74, 6) is 0.861. The number of nitrogens with one attached hydrogen (secondary N) is 1. The third-order valence-electron chi connectivity index (χ3n) is 3.95. The summed E-state index contributed by atoms with van der Waals surface area (Å²) < 4.78 is 5.59. The van der Waals surface area contributed by atoms with E-state index in [1.54, 1.807) is 0 Å². The topological polar surface area (TPSA) is 41.6 Å². The number of rotatable bonds is 3. The van der Waals surface area contributed by atoms with Crippen molar-refractivity contribution < 1.29 is 9.53 Å². The van der Waals surface area contributed by atoms with E-state index in [0.717, 1.165) is 25.9 Å². The van der Waals surface area contributed by atoms with E-state index in [9.17, 15) is 4.79 Å². The molecular weight excluding hydrogens is 228 g/mol. The molecule has 0 bridgehead atoms. The quantitative estimate of drug-likeness (QED) is 0.834. The fraction of sp³-hybridized carbons (Fsp3) is 0.929. The van der Waals surface area contributed by atoms with Gasteiger partial charge in [-0.3, -0.25) is 10.1 Å². The van der Waals surface area contributed by atoms with Crippen LogP contribution in [-0.4, -0.2) is 41.8 Å². The zero-order chi connectivity index (χ0) is 13.3. The molecule has 2 aliphatic heterocycles. The maximum Gasteiger partial charge on any atom is 0.240 e. The van der Waals surface area contributed by atoms with Crippen LogP contribution >= 0.6 is 0 Å². The van der Waals surface area contributed by atoms with Crippen molar-refractivity contribution >= 4 is 5.91 Å². The van der Waals surface area contributed by atoms with Crippen LogP contribution < -0.4 is 5.32 Å². The second kappa shape index (κ2) is 5.57. The number of carbonyl (C=O) groups excluding carboxylic acids is 1. The van der Waals surface area contributed by atoms with E-state index in [-0.39, 0.29) is 24.2 Å². The molecule has 0 aromatic heterocycles. The summed E-state index contributed by atoms with van der Waals surface area (Å²) in [5.41, 5.74) is 0. The first-order chi connectivity index (χ1) is 8.49. The van der Waals surface area contributed by atoms with Gasteiger partial charge >= 0.3 is 0 Å². The van der Waals surface area contributed by atoms with Gasteiger partial charge in [-0.15, -0.1) is 0 Å². The van der Waals surface area contributed by atoms with Crippen LogP contribution in [0.25, 0.3) is 0 Å². The summed E-state index contributed by atoms with van der Waals surface area (Å²) in [5, 5.41) is 3.43. The van der Waals surface area contributed by atoms with E-state index in [1.165, 1.54) is 0 Å². The lowest BCUT2D eigenvalue weighted by molar-refractivity contribution is -0.135. The number of hydrogen-bond donors (Lipinski definition) is 1. The number of ether oxygens (including phenoxy) is 1. The average Bonchev–Trinajstić information content (AvgIpc) is 2.53. The highest BCUT2D eigenvalue weighted by atomic mass is 16.5. The molecular formula is C14H26N2O2. The van der Waals surface area contributed by atoms with Crippen molar-refractivity contribution in [2.24, 2.45) is 5.92 Å². The van der Waals surface area contributed by atoms with Gasteiger partial charge in [0.1, 0.15) is 0 Å². The van der Waals surface area contributed by atoms with Gasteiger partial charge in [-0.1, -0.05) is 13.8 Å². The highest BCUT2D eigenvalue weighted by Gasteiger charge is 2.41. The minimum atomic E-state index is -0.0353. The Hall–Kier alpha value is -0.610. The third kappa shape index (κ3) is 2.86. The molecule has 1 amide bonds. The van der Waals surface area contributed by atoms with Gasteiger partial charge in [0.2, 0.25) is 5.91 Å². The average molecular weight is 254 g/mol. The van der Waals surface area contributed by atoms with Crippen LogP contribution in [0.3, 0.4) is 0 Å². The zero-order valence-electron chi connectivity index (χ0n) is 12.0. The molecule has 2 heterocycles. The van der Waals surface area contributed by atoms with Gasteiger partial charge in [-0.25, -0.2) is 0 Å². The maximum atomic E-state index is 12.3. The minimum Gasteiger partial charge on any atom is -0.378 e. The van der Waals surface area contributed by atoms with Gasteiger partial charge in [-0.05, 0) is 39.0 Å². The Labute approximate surface area is 110 Å². The van der Waals surface area contributed by atoms with Crippen molar-refractivity contribution in [3.05, 3.63) is 0 Å². The molecule has 0 aliphatic carbocycles. The molecule has 2 rings (SSSR count). The van der Waals surface area contributed by atoms with Crippen molar-refractivity contribution in [3.63, 3.8) is 0 Å². The Bertz CT molecular complexity index is 302. The lowest BCUT2D eigenvalue weighted by Gasteiger charge is -2.37.